The van der Waals surface area contributed by atoms with E-state index in [1.54, 1.807) is 7.11 Å². The average molecular weight is 205 g/mol. The lowest BCUT2D eigenvalue weighted by molar-refractivity contribution is 0.393. The number of nitrogens with one attached hydrogen (secondary N) is 1. The van der Waals surface area contributed by atoms with Gasteiger partial charge in [-0.1, -0.05) is 12.2 Å². The first-order valence-electron chi connectivity index (χ1n) is 5.08. The highest BCUT2D eigenvalue weighted by Crippen LogP contribution is 2.22. The molecule has 0 saturated heterocycles. The standard InChI is InChI=1S/C11H15N3O/c1-8-10(12-7-13-11(8)15-2)14-9-5-3-4-6-9/h3-4,7,9H,5-6H2,1-2H3,(H,12,13,14). The normalized spacial score (nSPS) is 15.6. The number of methoxy groups -OCH3 is 1. The molecule has 15 heavy (non-hydrogen) atoms. The minimum Gasteiger partial charge on any atom is -0.481 e. The van der Waals surface area contributed by atoms with E-state index in [4.69, 9.17) is 4.74 Å². The Morgan fingerprint density at radius 1 is 1.33 bits per heavy atom. The highest BCUT2D eigenvalue weighted by Gasteiger charge is 2.13. The highest BCUT2D eigenvalue weighted by atomic mass is 16.5. The molecule has 0 bridgehead atoms. The van der Waals surface area contributed by atoms with Crippen LogP contribution in [0, 0.1) is 6.92 Å². The van der Waals surface area contributed by atoms with Crippen molar-refractivity contribution in [3.05, 3.63) is 24.0 Å². The van der Waals surface area contributed by atoms with Gasteiger partial charge < -0.3 is 10.1 Å². The van der Waals surface area contributed by atoms with Gasteiger partial charge in [-0.3, -0.25) is 0 Å². The third kappa shape index (κ3) is 2.09. The van der Waals surface area contributed by atoms with Crippen LogP contribution in [-0.4, -0.2) is 23.1 Å². The number of rotatable bonds is 3. The zero-order chi connectivity index (χ0) is 10.7. The van der Waals surface area contributed by atoms with Crippen LogP contribution in [0.2, 0.25) is 0 Å². The van der Waals surface area contributed by atoms with Gasteiger partial charge in [0.15, 0.2) is 0 Å². The summed E-state index contributed by atoms with van der Waals surface area (Å²) in [5, 5.41) is 3.39. The van der Waals surface area contributed by atoms with E-state index in [0.717, 1.165) is 24.2 Å². The summed E-state index contributed by atoms with van der Waals surface area (Å²) in [6.45, 7) is 1.96. The number of ether oxygens (including phenoxy) is 1. The number of hydrogen-bond acceptors (Lipinski definition) is 4. The Hall–Kier alpha value is -1.58. The molecule has 0 radical (unpaired) electrons. The molecule has 0 aliphatic heterocycles. The first-order chi connectivity index (χ1) is 7.31. The van der Waals surface area contributed by atoms with E-state index in [9.17, 15) is 0 Å². The van der Waals surface area contributed by atoms with E-state index in [0.29, 0.717) is 11.9 Å². The summed E-state index contributed by atoms with van der Waals surface area (Å²) >= 11 is 0. The smallest absolute Gasteiger partial charge is 0.221 e. The monoisotopic (exact) mass is 205 g/mol. The van der Waals surface area contributed by atoms with E-state index in [-0.39, 0.29) is 0 Å². The molecule has 1 heterocycles. The molecule has 1 N–H and O–H groups in total. The Labute approximate surface area is 89.4 Å². The molecule has 0 fully saturated rings. The minimum atomic E-state index is 0.461. The van der Waals surface area contributed by atoms with Crippen molar-refractivity contribution in [3.8, 4) is 5.88 Å². The maximum Gasteiger partial charge on any atom is 0.221 e. The zero-order valence-corrected chi connectivity index (χ0v) is 9.03. The molecule has 4 heteroatoms. The summed E-state index contributed by atoms with van der Waals surface area (Å²) in [4.78, 5) is 8.26. The van der Waals surface area contributed by atoms with Gasteiger partial charge in [0.2, 0.25) is 5.88 Å². The molecular formula is C11H15N3O. The first-order valence-corrected chi connectivity index (χ1v) is 5.08. The molecule has 80 valence electrons. The van der Waals surface area contributed by atoms with Gasteiger partial charge in [0, 0.05) is 6.04 Å². The van der Waals surface area contributed by atoms with Crippen molar-refractivity contribution >= 4 is 5.82 Å². The van der Waals surface area contributed by atoms with Crippen molar-refractivity contribution in [1.29, 1.82) is 0 Å². The molecule has 0 amide bonds. The number of anilines is 1. The molecule has 0 saturated carbocycles. The Morgan fingerprint density at radius 2 is 2.07 bits per heavy atom. The fraction of sp³-hybridized carbons (Fsp3) is 0.455. The largest absolute Gasteiger partial charge is 0.481 e. The van der Waals surface area contributed by atoms with Crippen molar-refractivity contribution in [2.75, 3.05) is 12.4 Å². The van der Waals surface area contributed by atoms with Gasteiger partial charge in [0.25, 0.3) is 0 Å². The molecular weight excluding hydrogens is 190 g/mol. The maximum atomic E-state index is 5.14. The second-order valence-corrected chi connectivity index (χ2v) is 3.64. The van der Waals surface area contributed by atoms with Crippen LogP contribution in [0.3, 0.4) is 0 Å². The Morgan fingerprint density at radius 3 is 2.73 bits per heavy atom. The van der Waals surface area contributed by atoms with Crippen LogP contribution in [0.4, 0.5) is 5.82 Å². The lowest BCUT2D eigenvalue weighted by Crippen LogP contribution is -2.17. The van der Waals surface area contributed by atoms with Gasteiger partial charge in [-0.25, -0.2) is 9.97 Å². The highest BCUT2D eigenvalue weighted by molar-refractivity contribution is 5.48. The van der Waals surface area contributed by atoms with Crippen LogP contribution in [0.15, 0.2) is 18.5 Å². The van der Waals surface area contributed by atoms with E-state index in [2.05, 4.69) is 27.4 Å². The Bertz CT molecular complexity index is 368. The molecule has 1 aromatic rings. The van der Waals surface area contributed by atoms with Gasteiger partial charge in [-0.2, -0.15) is 0 Å². The van der Waals surface area contributed by atoms with E-state index in [1.807, 2.05) is 6.92 Å². The lowest BCUT2D eigenvalue weighted by atomic mass is 10.2. The summed E-state index contributed by atoms with van der Waals surface area (Å²) in [5.41, 5.74) is 0.965. The molecule has 1 aliphatic carbocycles. The summed E-state index contributed by atoms with van der Waals surface area (Å²) in [5.74, 6) is 1.51. The SMILES string of the molecule is COc1ncnc(NC2CC=CC2)c1C. The van der Waals surface area contributed by atoms with Crippen molar-refractivity contribution in [3.63, 3.8) is 0 Å². The number of nitrogens with zero attached hydrogens (tertiary/aromatic N) is 2. The van der Waals surface area contributed by atoms with Crippen molar-refractivity contribution < 1.29 is 4.74 Å². The Kier molecular flexibility index (Phi) is 2.85. The van der Waals surface area contributed by atoms with Crippen LogP contribution >= 0.6 is 0 Å². The second-order valence-electron chi connectivity index (χ2n) is 3.64. The molecule has 0 unspecified atom stereocenters. The summed E-state index contributed by atoms with van der Waals surface area (Å²) in [6.07, 6.45) is 8.02. The van der Waals surface area contributed by atoms with Crippen LogP contribution in [0.1, 0.15) is 18.4 Å². The molecule has 1 aliphatic rings. The van der Waals surface area contributed by atoms with E-state index >= 15 is 0 Å². The minimum absolute atomic E-state index is 0.461. The van der Waals surface area contributed by atoms with Gasteiger partial charge in [-0.15, -0.1) is 0 Å². The van der Waals surface area contributed by atoms with Crippen LogP contribution < -0.4 is 10.1 Å². The van der Waals surface area contributed by atoms with Gasteiger partial charge >= 0.3 is 0 Å². The summed E-state index contributed by atoms with van der Waals surface area (Å²) in [7, 11) is 1.62. The van der Waals surface area contributed by atoms with Gasteiger partial charge in [-0.05, 0) is 19.8 Å². The third-order valence-corrected chi connectivity index (χ3v) is 2.58. The molecule has 2 rings (SSSR count). The predicted molar refractivity (Wildman–Crippen MR) is 59.1 cm³/mol. The fourth-order valence-electron chi connectivity index (χ4n) is 1.71. The molecule has 0 spiro atoms. The maximum absolute atomic E-state index is 5.14. The molecule has 4 nitrogen and oxygen atoms in total. The Balaban J connectivity index is 2.13. The zero-order valence-electron chi connectivity index (χ0n) is 9.03. The third-order valence-electron chi connectivity index (χ3n) is 2.58. The molecule has 1 aromatic heterocycles. The quantitative estimate of drug-likeness (QED) is 0.766. The predicted octanol–water partition coefficient (Wildman–Crippen LogP) is 1.92. The summed E-state index contributed by atoms with van der Waals surface area (Å²) in [6, 6.07) is 0.461. The number of hydrogen-bond donors (Lipinski definition) is 1. The van der Waals surface area contributed by atoms with E-state index < -0.39 is 0 Å². The molecule has 0 atom stereocenters. The fourth-order valence-corrected chi connectivity index (χ4v) is 1.71. The lowest BCUT2D eigenvalue weighted by Gasteiger charge is -2.15. The van der Waals surface area contributed by atoms with Crippen molar-refractivity contribution in [1.82, 2.24) is 9.97 Å². The first kappa shape index (κ1) is 9.96. The van der Waals surface area contributed by atoms with Crippen molar-refractivity contribution in [2.45, 2.75) is 25.8 Å². The van der Waals surface area contributed by atoms with Gasteiger partial charge in [0.1, 0.15) is 12.1 Å². The van der Waals surface area contributed by atoms with Crippen LogP contribution in [-0.2, 0) is 0 Å². The topological polar surface area (TPSA) is 47.0 Å². The van der Waals surface area contributed by atoms with E-state index in [1.165, 1.54) is 6.33 Å². The average Bonchev–Trinajstić information content (AvgIpc) is 2.74. The second kappa shape index (κ2) is 4.29. The van der Waals surface area contributed by atoms with Gasteiger partial charge in [0.05, 0.1) is 12.7 Å². The van der Waals surface area contributed by atoms with Crippen LogP contribution in [0.25, 0.3) is 0 Å². The number of aromatic nitrogens is 2. The van der Waals surface area contributed by atoms with Crippen LogP contribution in [0.5, 0.6) is 5.88 Å². The summed E-state index contributed by atoms with van der Waals surface area (Å²) < 4.78 is 5.14. The molecule has 0 aromatic carbocycles. The van der Waals surface area contributed by atoms with Crippen molar-refractivity contribution in [2.24, 2.45) is 0 Å².